The van der Waals surface area contributed by atoms with Crippen LogP contribution in [0.3, 0.4) is 0 Å². The van der Waals surface area contributed by atoms with E-state index in [0.717, 1.165) is 9.80 Å². The number of nitrogens with zero attached hydrogens (tertiary/aromatic N) is 1. The van der Waals surface area contributed by atoms with E-state index in [0.29, 0.717) is 28.4 Å². The number of benzene rings is 2. The van der Waals surface area contributed by atoms with E-state index < -0.39 is 17.9 Å². The van der Waals surface area contributed by atoms with Gasteiger partial charge < -0.3 is 5.32 Å². The molecule has 1 aliphatic rings. The lowest BCUT2D eigenvalue weighted by molar-refractivity contribution is -0.124. The van der Waals surface area contributed by atoms with Crippen LogP contribution in [0.25, 0.3) is 0 Å². The molecule has 0 aliphatic carbocycles. The minimum absolute atomic E-state index is 0.343. The van der Waals surface area contributed by atoms with E-state index in [-0.39, 0.29) is 5.91 Å². The van der Waals surface area contributed by atoms with Gasteiger partial charge in [-0.2, -0.15) is 0 Å². The van der Waals surface area contributed by atoms with E-state index in [4.69, 9.17) is 11.6 Å². The molecule has 134 valence electrons. The van der Waals surface area contributed by atoms with E-state index >= 15 is 0 Å². The molecule has 0 unspecified atom stereocenters. The number of fused-ring (bicyclic) bond motifs is 1. The standard InChI is InChI=1S/C19H17ClN2O3S/c1-12(22-18(24)15-4-2-3-5-16(15)19(22)25)17(23)21-10-11-26-14-8-6-13(20)7-9-14/h2-9,12H,10-11H2,1H3,(H,21,23)/t12-/m1/s1. The smallest absolute Gasteiger partial charge is 0.262 e. The van der Waals surface area contributed by atoms with Crippen molar-refractivity contribution >= 4 is 41.1 Å². The average Bonchev–Trinajstić information content (AvgIpc) is 2.90. The quantitative estimate of drug-likeness (QED) is 0.468. The normalized spacial score (nSPS) is 14.3. The zero-order valence-electron chi connectivity index (χ0n) is 14.1. The molecule has 2 aromatic carbocycles. The van der Waals surface area contributed by atoms with Gasteiger partial charge in [-0.15, -0.1) is 11.8 Å². The number of hydrogen-bond acceptors (Lipinski definition) is 4. The van der Waals surface area contributed by atoms with Gasteiger partial charge in [0.1, 0.15) is 6.04 Å². The first-order valence-electron chi connectivity index (χ1n) is 8.12. The Morgan fingerprint density at radius 1 is 1.08 bits per heavy atom. The number of halogens is 1. The summed E-state index contributed by atoms with van der Waals surface area (Å²) in [6.07, 6.45) is 0. The maximum Gasteiger partial charge on any atom is 0.262 e. The molecule has 1 N–H and O–H groups in total. The highest BCUT2D eigenvalue weighted by Crippen LogP contribution is 2.24. The van der Waals surface area contributed by atoms with Gasteiger partial charge in [0.15, 0.2) is 0 Å². The molecular formula is C19H17ClN2O3S. The monoisotopic (exact) mass is 388 g/mol. The van der Waals surface area contributed by atoms with E-state index in [1.54, 1.807) is 43.0 Å². The second kappa shape index (κ2) is 7.93. The van der Waals surface area contributed by atoms with Gasteiger partial charge in [0.2, 0.25) is 5.91 Å². The van der Waals surface area contributed by atoms with Gasteiger partial charge in [-0.05, 0) is 43.3 Å². The Morgan fingerprint density at radius 2 is 1.65 bits per heavy atom. The molecule has 5 nitrogen and oxygen atoms in total. The minimum atomic E-state index is -0.858. The lowest BCUT2D eigenvalue weighted by Gasteiger charge is -2.21. The van der Waals surface area contributed by atoms with Crippen LogP contribution >= 0.6 is 23.4 Å². The average molecular weight is 389 g/mol. The van der Waals surface area contributed by atoms with E-state index in [1.807, 2.05) is 24.3 Å². The van der Waals surface area contributed by atoms with E-state index in [1.165, 1.54) is 0 Å². The Morgan fingerprint density at radius 3 is 2.23 bits per heavy atom. The Hall–Kier alpha value is -2.31. The van der Waals surface area contributed by atoms with Crippen LogP contribution in [0.4, 0.5) is 0 Å². The van der Waals surface area contributed by atoms with Crippen LogP contribution in [0, 0.1) is 0 Å². The van der Waals surface area contributed by atoms with Crippen LogP contribution in [0.1, 0.15) is 27.6 Å². The van der Waals surface area contributed by atoms with Gasteiger partial charge >= 0.3 is 0 Å². The molecule has 3 amide bonds. The summed E-state index contributed by atoms with van der Waals surface area (Å²) in [6.45, 7) is 1.99. The molecule has 2 aromatic rings. The Labute approximate surface area is 160 Å². The molecule has 1 atom stereocenters. The maximum absolute atomic E-state index is 12.4. The molecule has 0 spiro atoms. The molecule has 0 bridgehead atoms. The SMILES string of the molecule is C[C@H](C(=O)NCCSc1ccc(Cl)cc1)N1C(=O)c2ccccc2C1=O. The van der Waals surface area contributed by atoms with Crippen LogP contribution in [-0.2, 0) is 4.79 Å². The van der Waals surface area contributed by atoms with Crippen molar-refractivity contribution < 1.29 is 14.4 Å². The summed E-state index contributed by atoms with van der Waals surface area (Å²) in [4.78, 5) is 39.2. The highest BCUT2D eigenvalue weighted by Gasteiger charge is 2.40. The molecule has 3 rings (SSSR count). The van der Waals surface area contributed by atoms with Gasteiger partial charge in [0.05, 0.1) is 11.1 Å². The first-order valence-corrected chi connectivity index (χ1v) is 9.48. The first kappa shape index (κ1) is 18.5. The van der Waals surface area contributed by atoms with Crippen LogP contribution in [0.15, 0.2) is 53.4 Å². The number of imide groups is 1. The fraction of sp³-hybridized carbons (Fsp3) is 0.211. The summed E-state index contributed by atoms with van der Waals surface area (Å²) in [6, 6.07) is 13.2. The molecular weight excluding hydrogens is 372 g/mol. The number of thioether (sulfide) groups is 1. The maximum atomic E-state index is 12.4. The summed E-state index contributed by atoms with van der Waals surface area (Å²) in [7, 11) is 0. The van der Waals surface area contributed by atoms with Crippen LogP contribution in [0.5, 0.6) is 0 Å². The van der Waals surface area contributed by atoms with Crippen LogP contribution in [0.2, 0.25) is 5.02 Å². The largest absolute Gasteiger partial charge is 0.353 e. The molecule has 7 heteroatoms. The van der Waals surface area contributed by atoms with E-state index in [9.17, 15) is 14.4 Å². The van der Waals surface area contributed by atoms with Crippen molar-refractivity contribution in [3.63, 3.8) is 0 Å². The van der Waals surface area contributed by atoms with Gasteiger partial charge in [-0.3, -0.25) is 19.3 Å². The second-order valence-electron chi connectivity index (χ2n) is 5.80. The van der Waals surface area contributed by atoms with Crippen molar-refractivity contribution in [3.8, 4) is 0 Å². The predicted molar refractivity (Wildman–Crippen MR) is 102 cm³/mol. The Bertz CT molecular complexity index is 819. The van der Waals surface area contributed by atoms with Crippen molar-refractivity contribution in [1.29, 1.82) is 0 Å². The number of amides is 3. The van der Waals surface area contributed by atoms with E-state index in [2.05, 4.69) is 5.32 Å². The topological polar surface area (TPSA) is 66.5 Å². The fourth-order valence-corrected chi connectivity index (χ4v) is 3.59. The highest BCUT2D eigenvalue weighted by atomic mass is 35.5. The van der Waals surface area contributed by atoms with Crippen molar-refractivity contribution in [1.82, 2.24) is 10.2 Å². The lowest BCUT2D eigenvalue weighted by atomic mass is 10.1. The van der Waals surface area contributed by atoms with Gasteiger partial charge in [-0.25, -0.2) is 0 Å². The fourth-order valence-electron chi connectivity index (χ4n) is 2.70. The number of rotatable bonds is 6. The van der Waals surface area contributed by atoms with Crippen LogP contribution in [-0.4, -0.2) is 41.0 Å². The highest BCUT2D eigenvalue weighted by molar-refractivity contribution is 7.99. The molecule has 0 saturated heterocycles. The molecule has 1 heterocycles. The van der Waals surface area contributed by atoms with Crippen molar-refractivity contribution in [2.45, 2.75) is 17.9 Å². The van der Waals surface area contributed by atoms with Crippen molar-refractivity contribution in [3.05, 3.63) is 64.7 Å². The Balaban J connectivity index is 1.53. The lowest BCUT2D eigenvalue weighted by Crippen LogP contribution is -2.48. The van der Waals surface area contributed by atoms with Crippen LogP contribution < -0.4 is 5.32 Å². The Kier molecular flexibility index (Phi) is 5.64. The zero-order valence-corrected chi connectivity index (χ0v) is 15.6. The molecule has 0 aromatic heterocycles. The van der Waals surface area contributed by atoms with Crippen molar-refractivity contribution in [2.24, 2.45) is 0 Å². The summed E-state index contributed by atoms with van der Waals surface area (Å²) in [5, 5.41) is 3.46. The summed E-state index contributed by atoms with van der Waals surface area (Å²) in [5.41, 5.74) is 0.686. The zero-order chi connectivity index (χ0) is 18.7. The third kappa shape index (κ3) is 3.76. The summed E-state index contributed by atoms with van der Waals surface area (Å²) >= 11 is 7.43. The van der Waals surface area contributed by atoms with Crippen molar-refractivity contribution in [2.75, 3.05) is 12.3 Å². The molecule has 0 saturated carbocycles. The molecule has 1 aliphatic heterocycles. The van der Waals surface area contributed by atoms with Gasteiger partial charge in [-0.1, -0.05) is 23.7 Å². The predicted octanol–water partition coefficient (Wildman–Crippen LogP) is 3.23. The van der Waals surface area contributed by atoms with Gasteiger partial charge in [0, 0.05) is 22.2 Å². The first-order chi connectivity index (χ1) is 12.5. The minimum Gasteiger partial charge on any atom is -0.353 e. The molecule has 26 heavy (non-hydrogen) atoms. The van der Waals surface area contributed by atoms with Gasteiger partial charge in [0.25, 0.3) is 11.8 Å². The number of carbonyl (C=O) groups is 3. The number of nitrogens with one attached hydrogen (secondary N) is 1. The number of hydrogen-bond donors (Lipinski definition) is 1. The summed E-state index contributed by atoms with van der Waals surface area (Å²) < 4.78 is 0. The third-order valence-corrected chi connectivity index (χ3v) is 5.34. The molecule has 0 fully saturated rings. The third-order valence-electron chi connectivity index (χ3n) is 4.08. The second-order valence-corrected chi connectivity index (χ2v) is 7.40. The molecule has 0 radical (unpaired) electrons. The summed E-state index contributed by atoms with van der Waals surface area (Å²) in [5.74, 6) is -0.536. The number of carbonyl (C=O) groups excluding carboxylic acids is 3.